The van der Waals surface area contributed by atoms with E-state index in [1.807, 2.05) is 6.07 Å². The van der Waals surface area contributed by atoms with Gasteiger partial charge in [-0.2, -0.15) is 0 Å². The van der Waals surface area contributed by atoms with Crippen molar-refractivity contribution >= 4 is 5.90 Å². The summed E-state index contributed by atoms with van der Waals surface area (Å²) < 4.78 is 5.66. The van der Waals surface area contributed by atoms with Crippen molar-refractivity contribution in [1.82, 2.24) is 4.98 Å². The van der Waals surface area contributed by atoms with E-state index in [0.29, 0.717) is 18.4 Å². The maximum Gasteiger partial charge on any atom is 0.235 e. The van der Waals surface area contributed by atoms with Gasteiger partial charge in [0.1, 0.15) is 12.3 Å². The molecule has 1 aromatic rings. The predicted octanol–water partition coefficient (Wildman–Crippen LogP) is 2.76. The summed E-state index contributed by atoms with van der Waals surface area (Å²) in [6, 6.07) is 6.45. The van der Waals surface area contributed by atoms with Gasteiger partial charge in [-0.25, -0.2) is 9.98 Å². The zero-order valence-electron chi connectivity index (χ0n) is 10.4. The molecule has 1 aliphatic carbocycles. The summed E-state index contributed by atoms with van der Waals surface area (Å²) >= 11 is 0. The second kappa shape index (κ2) is 4.13. The summed E-state index contributed by atoms with van der Waals surface area (Å²) in [6.07, 6.45) is 2.55. The molecule has 0 amide bonds. The van der Waals surface area contributed by atoms with Crippen LogP contribution in [0.15, 0.2) is 23.2 Å². The lowest BCUT2D eigenvalue weighted by Crippen LogP contribution is -2.13. The van der Waals surface area contributed by atoms with Crippen LogP contribution in [0.4, 0.5) is 0 Å². The molecule has 0 radical (unpaired) electrons. The first-order valence-electron chi connectivity index (χ1n) is 6.42. The van der Waals surface area contributed by atoms with Crippen LogP contribution in [0, 0.1) is 5.92 Å². The third-order valence-electron chi connectivity index (χ3n) is 3.43. The van der Waals surface area contributed by atoms with Gasteiger partial charge < -0.3 is 4.74 Å². The van der Waals surface area contributed by atoms with Crippen molar-refractivity contribution in [2.75, 3.05) is 6.61 Å². The van der Waals surface area contributed by atoms with E-state index >= 15 is 0 Å². The van der Waals surface area contributed by atoms with Crippen molar-refractivity contribution in [2.45, 2.75) is 38.6 Å². The topological polar surface area (TPSA) is 34.5 Å². The molecule has 1 unspecified atom stereocenters. The summed E-state index contributed by atoms with van der Waals surface area (Å²) in [5.74, 6) is 1.93. The van der Waals surface area contributed by atoms with Crippen LogP contribution in [0.2, 0.25) is 0 Å². The highest BCUT2D eigenvalue weighted by Gasteiger charge is 2.27. The smallest absolute Gasteiger partial charge is 0.235 e. The van der Waals surface area contributed by atoms with E-state index in [1.165, 1.54) is 18.5 Å². The number of ether oxygens (including phenoxy) is 1. The second-order valence-corrected chi connectivity index (χ2v) is 5.28. The Balaban J connectivity index is 1.84. The fourth-order valence-corrected chi connectivity index (χ4v) is 2.05. The van der Waals surface area contributed by atoms with E-state index in [1.54, 1.807) is 0 Å². The molecule has 3 heteroatoms. The van der Waals surface area contributed by atoms with Crippen molar-refractivity contribution in [3.63, 3.8) is 0 Å². The van der Waals surface area contributed by atoms with E-state index in [9.17, 15) is 0 Å². The molecule has 2 heterocycles. The molecular formula is C14H18N2O. The van der Waals surface area contributed by atoms with Gasteiger partial charge in [0.15, 0.2) is 0 Å². The molecule has 90 valence electrons. The molecule has 1 fully saturated rings. The molecule has 1 saturated carbocycles. The summed E-state index contributed by atoms with van der Waals surface area (Å²) in [7, 11) is 0. The Bertz CT molecular complexity index is 449. The van der Waals surface area contributed by atoms with Crippen LogP contribution in [0.1, 0.15) is 44.0 Å². The molecule has 0 aromatic carbocycles. The highest BCUT2D eigenvalue weighted by Crippen LogP contribution is 2.38. The van der Waals surface area contributed by atoms with Crippen molar-refractivity contribution in [3.05, 3.63) is 29.6 Å². The number of hydrogen-bond acceptors (Lipinski definition) is 3. The Hall–Kier alpha value is -1.38. The number of pyridine rings is 1. The molecule has 0 N–H and O–H groups in total. The molecular weight excluding hydrogens is 212 g/mol. The molecule has 2 aliphatic rings. The number of nitrogens with zero attached hydrogens (tertiary/aromatic N) is 2. The maximum atomic E-state index is 5.66. The minimum Gasteiger partial charge on any atom is -0.474 e. The lowest BCUT2D eigenvalue weighted by molar-refractivity contribution is 0.291. The lowest BCUT2D eigenvalue weighted by Gasteiger charge is -2.06. The van der Waals surface area contributed by atoms with Crippen LogP contribution in [-0.4, -0.2) is 23.5 Å². The molecule has 0 spiro atoms. The average molecular weight is 230 g/mol. The van der Waals surface area contributed by atoms with Gasteiger partial charge in [0.05, 0.1) is 6.04 Å². The molecule has 1 aromatic heterocycles. The summed E-state index contributed by atoms with van der Waals surface area (Å²) in [6.45, 7) is 5.05. The van der Waals surface area contributed by atoms with E-state index in [2.05, 4.69) is 36.0 Å². The van der Waals surface area contributed by atoms with E-state index in [4.69, 9.17) is 4.74 Å². The first kappa shape index (κ1) is 10.8. The van der Waals surface area contributed by atoms with Crippen LogP contribution >= 0.6 is 0 Å². The average Bonchev–Trinajstić information content (AvgIpc) is 3.06. The summed E-state index contributed by atoms with van der Waals surface area (Å²) in [5, 5.41) is 0. The van der Waals surface area contributed by atoms with Crippen molar-refractivity contribution in [2.24, 2.45) is 10.9 Å². The molecule has 1 atom stereocenters. The third kappa shape index (κ3) is 2.19. The molecule has 3 rings (SSSR count). The van der Waals surface area contributed by atoms with Crippen LogP contribution in [0.5, 0.6) is 0 Å². The van der Waals surface area contributed by atoms with Crippen LogP contribution in [-0.2, 0) is 4.74 Å². The zero-order valence-corrected chi connectivity index (χ0v) is 10.4. The standard InChI is InChI=1S/C14H18N2O/c1-9(2)13-8-17-14(16-13)12-5-3-4-11(15-12)10-6-7-10/h3-5,9-10,13H,6-8H2,1-2H3. The fourth-order valence-electron chi connectivity index (χ4n) is 2.05. The monoisotopic (exact) mass is 230 g/mol. The van der Waals surface area contributed by atoms with Gasteiger partial charge in [0.25, 0.3) is 0 Å². The molecule has 0 saturated heterocycles. The Morgan fingerprint density at radius 2 is 2.12 bits per heavy atom. The Kier molecular flexibility index (Phi) is 2.61. The largest absolute Gasteiger partial charge is 0.474 e. The lowest BCUT2D eigenvalue weighted by atomic mass is 10.1. The number of rotatable bonds is 3. The normalized spacial score (nSPS) is 23.7. The van der Waals surface area contributed by atoms with Gasteiger partial charge in [-0.05, 0) is 30.9 Å². The summed E-state index contributed by atoms with van der Waals surface area (Å²) in [4.78, 5) is 9.27. The zero-order chi connectivity index (χ0) is 11.8. The molecule has 0 bridgehead atoms. The van der Waals surface area contributed by atoms with Crippen LogP contribution < -0.4 is 0 Å². The Morgan fingerprint density at radius 1 is 1.29 bits per heavy atom. The van der Waals surface area contributed by atoms with Crippen LogP contribution in [0.25, 0.3) is 0 Å². The predicted molar refractivity (Wildman–Crippen MR) is 67.3 cm³/mol. The maximum absolute atomic E-state index is 5.66. The van der Waals surface area contributed by atoms with Crippen LogP contribution in [0.3, 0.4) is 0 Å². The second-order valence-electron chi connectivity index (χ2n) is 5.28. The Labute approximate surface area is 102 Å². The minimum absolute atomic E-state index is 0.288. The van der Waals surface area contributed by atoms with Gasteiger partial charge in [-0.1, -0.05) is 19.9 Å². The third-order valence-corrected chi connectivity index (χ3v) is 3.43. The van der Waals surface area contributed by atoms with Gasteiger partial charge in [-0.15, -0.1) is 0 Å². The van der Waals surface area contributed by atoms with Crippen molar-refractivity contribution in [3.8, 4) is 0 Å². The molecule has 3 nitrogen and oxygen atoms in total. The fraction of sp³-hybridized carbons (Fsp3) is 0.571. The van der Waals surface area contributed by atoms with Gasteiger partial charge in [0.2, 0.25) is 5.90 Å². The summed E-state index contributed by atoms with van der Waals surface area (Å²) in [5.41, 5.74) is 2.10. The number of aromatic nitrogens is 1. The highest BCUT2D eigenvalue weighted by atomic mass is 16.5. The van der Waals surface area contributed by atoms with Gasteiger partial charge >= 0.3 is 0 Å². The SMILES string of the molecule is CC(C)C1COC(c2cccc(C3CC3)n2)=N1. The first-order chi connectivity index (χ1) is 8.24. The van der Waals surface area contributed by atoms with Gasteiger partial charge in [-0.3, -0.25) is 0 Å². The van der Waals surface area contributed by atoms with Crippen molar-refractivity contribution in [1.29, 1.82) is 0 Å². The van der Waals surface area contributed by atoms with E-state index in [0.717, 1.165) is 11.6 Å². The number of hydrogen-bond donors (Lipinski definition) is 0. The minimum atomic E-state index is 0.288. The quantitative estimate of drug-likeness (QED) is 0.800. The van der Waals surface area contributed by atoms with Gasteiger partial charge in [0, 0.05) is 11.6 Å². The van der Waals surface area contributed by atoms with Crippen molar-refractivity contribution < 1.29 is 4.74 Å². The number of aliphatic imine (C=N–C) groups is 1. The van der Waals surface area contributed by atoms with E-state index < -0.39 is 0 Å². The first-order valence-corrected chi connectivity index (χ1v) is 6.42. The highest BCUT2D eigenvalue weighted by molar-refractivity contribution is 5.93. The molecule has 1 aliphatic heterocycles. The Morgan fingerprint density at radius 3 is 2.76 bits per heavy atom. The van der Waals surface area contributed by atoms with E-state index in [-0.39, 0.29) is 6.04 Å². The molecule has 17 heavy (non-hydrogen) atoms.